The van der Waals surface area contributed by atoms with Gasteiger partial charge in [-0.2, -0.15) is 4.98 Å². The largest absolute Gasteiger partial charge is 0.446 e. The van der Waals surface area contributed by atoms with Gasteiger partial charge in [0.25, 0.3) is 0 Å². The van der Waals surface area contributed by atoms with E-state index in [0.29, 0.717) is 16.7 Å². The Labute approximate surface area is 169 Å². The molecule has 1 N–H and O–H groups in total. The number of thioether (sulfide) groups is 1. The van der Waals surface area contributed by atoms with Crippen molar-refractivity contribution in [1.29, 1.82) is 0 Å². The number of para-hydroxylation sites is 1. The molecule has 2 aromatic heterocycles. The van der Waals surface area contributed by atoms with Gasteiger partial charge in [0, 0.05) is 22.7 Å². The second kappa shape index (κ2) is 8.56. The Morgan fingerprint density at radius 1 is 1.04 bits per heavy atom. The fourth-order valence-electron chi connectivity index (χ4n) is 3.07. The first-order valence-corrected chi connectivity index (χ1v) is 10.6. The zero-order chi connectivity index (χ0) is 19.3. The number of ether oxygens (including phenoxy) is 1. The van der Waals surface area contributed by atoms with Gasteiger partial charge in [0.05, 0.1) is 0 Å². The average Bonchev–Trinajstić information content (AvgIpc) is 2.88. The van der Waals surface area contributed by atoms with Gasteiger partial charge in [0.1, 0.15) is 5.69 Å². The third kappa shape index (κ3) is 4.09. The number of benzene rings is 1. The molecule has 28 heavy (non-hydrogen) atoms. The van der Waals surface area contributed by atoms with Crippen LogP contribution in [0.1, 0.15) is 43.8 Å². The summed E-state index contributed by atoms with van der Waals surface area (Å²) < 4.78 is 6.25. The summed E-state index contributed by atoms with van der Waals surface area (Å²) >= 11 is 1.62. The summed E-state index contributed by atoms with van der Waals surface area (Å²) in [5, 5.41) is 12.8. The number of hydrogen-bond donors (Lipinski definition) is 1. The molecule has 4 rings (SSSR count). The van der Waals surface area contributed by atoms with Crippen LogP contribution in [0.4, 0.5) is 5.69 Å². The molecule has 1 aliphatic rings. The van der Waals surface area contributed by atoms with Crippen LogP contribution < -0.4 is 10.1 Å². The minimum atomic E-state index is -0.447. The third-order valence-electron chi connectivity index (χ3n) is 4.49. The lowest BCUT2D eigenvalue weighted by molar-refractivity contribution is 0.220. The van der Waals surface area contributed by atoms with Crippen molar-refractivity contribution >= 4 is 17.4 Å². The molecular weight excluding hydrogens is 370 g/mol. The molecule has 0 spiro atoms. The molecule has 6 nitrogen and oxygen atoms in total. The fourth-order valence-corrected chi connectivity index (χ4v) is 3.84. The molecule has 0 saturated carbocycles. The second-order valence-electron chi connectivity index (χ2n) is 6.70. The lowest BCUT2D eigenvalue weighted by Crippen LogP contribution is -2.18. The van der Waals surface area contributed by atoms with Crippen molar-refractivity contribution in [3.8, 4) is 17.1 Å². The van der Waals surface area contributed by atoms with Gasteiger partial charge in [0.15, 0.2) is 5.69 Å². The topological polar surface area (TPSA) is 72.8 Å². The van der Waals surface area contributed by atoms with E-state index in [9.17, 15) is 0 Å². The first-order chi connectivity index (χ1) is 13.7. The third-order valence-corrected chi connectivity index (χ3v) is 5.42. The molecule has 144 valence electrons. The monoisotopic (exact) mass is 393 g/mol. The summed E-state index contributed by atoms with van der Waals surface area (Å²) in [4.78, 5) is 9.29. The molecule has 0 amide bonds. The normalized spacial score (nSPS) is 15.0. The predicted molar refractivity (Wildman–Crippen MR) is 111 cm³/mol. The number of anilines is 1. The molecule has 0 bridgehead atoms. The zero-order valence-electron chi connectivity index (χ0n) is 16.1. The number of nitrogens with zero attached hydrogens (tertiary/aromatic N) is 4. The van der Waals surface area contributed by atoms with E-state index in [-0.39, 0.29) is 0 Å². The maximum Gasteiger partial charge on any atom is 0.247 e. The van der Waals surface area contributed by atoms with Gasteiger partial charge in [0.2, 0.25) is 17.3 Å². The molecule has 3 heterocycles. The standard InChI is InChI=1S/C21H23N5OS/c1-3-4-7-13-28-21-24-20-18(25-26-21)15-10-5-6-11-16(15)23-19(27-20)17-12-8-9-14(2)22-17/h5-6,8-12,19,23H,3-4,7,13H2,1-2H3. The van der Waals surface area contributed by atoms with Crippen LogP contribution in [-0.4, -0.2) is 25.9 Å². The molecule has 7 heteroatoms. The smallest absolute Gasteiger partial charge is 0.247 e. The lowest BCUT2D eigenvalue weighted by Gasteiger charge is -2.18. The van der Waals surface area contributed by atoms with Crippen LogP contribution in [0.15, 0.2) is 47.6 Å². The van der Waals surface area contributed by atoms with Crippen LogP contribution >= 0.6 is 11.8 Å². The van der Waals surface area contributed by atoms with Gasteiger partial charge in [-0.15, -0.1) is 10.2 Å². The number of nitrogens with one attached hydrogen (secondary N) is 1. The highest BCUT2D eigenvalue weighted by molar-refractivity contribution is 7.99. The van der Waals surface area contributed by atoms with Gasteiger partial charge >= 0.3 is 0 Å². The minimum Gasteiger partial charge on any atom is -0.446 e. The minimum absolute atomic E-state index is 0.447. The number of rotatable bonds is 6. The maximum absolute atomic E-state index is 6.25. The SMILES string of the molecule is CCCCCSc1nnc2c(n1)OC(c1cccc(C)n1)Nc1ccccc1-2. The van der Waals surface area contributed by atoms with Crippen molar-refractivity contribution < 1.29 is 4.74 Å². The number of unbranched alkanes of at least 4 members (excludes halogenated alkanes) is 2. The average molecular weight is 394 g/mol. The molecule has 0 aliphatic carbocycles. The molecular formula is C21H23N5OS. The lowest BCUT2D eigenvalue weighted by atomic mass is 10.1. The van der Waals surface area contributed by atoms with E-state index in [1.165, 1.54) is 12.8 Å². The molecule has 0 fully saturated rings. The molecule has 1 aromatic carbocycles. The number of aromatic nitrogens is 4. The Morgan fingerprint density at radius 2 is 1.93 bits per heavy atom. The molecule has 1 unspecified atom stereocenters. The van der Waals surface area contributed by atoms with Crippen molar-refractivity contribution in [3.05, 3.63) is 53.9 Å². The highest BCUT2D eigenvalue weighted by atomic mass is 32.2. The highest BCUT2D eigenvalue weighted by Gasteiger charge is 2.26. The van der Waals surface area contributed by atoms with Crippen molar-refractivity contribution in [2.75, 3.05) is 11.1 Å². The van der Waals surface area contributed by atoms with Crippen LogP contribution in [0.5, 0.6) is 5.88 Å². The fraction of sp³-hybridized carbons (Fsp3) is 0.333. The van der Waals surface area contributed by atoms with Gasteiger partial charge in [-0.3, -0.25) is 4.98 Å². The van der Waals surface area contributed by atoms with Crippen molar-refractivity contribution in [2.45, 2.75) is 44.5 Å². The van der Waals surface area contributed by atoms with Crippen LogP contribution in [0.3, 0.4) is 0 Å². The van der Waals surface area contributed by atoms with Crippen molar-refractivity contribution in [1.82, 2.24) is 20.2 Å². The van der Waals surface area contributed by atoms with Crippen LogP contribution in [0, 0.1) is 6.92 Å². The van der Waals surface area contributed by atoms with E-state index in [1.807, 2.05) is 49.4 Å². The molecule has 3 aromatic rings. The first kappa shape index (κ1) is 18.7. The van der Waals surface area contributed by atoms with E-state index >= 15 is 0 Å². The van der Waals surface area contributed by atoms with Gasteiger partial charge in [-0.25, -0.2) is 0 Å². The number of hydrogen-bond acceptors (Lipinski definition) is 7. The van der Waals surface area contributed by atoms with E-state index in [1.54, 1.807) is 11.8 Å². The number of pyridine rings is 1. The van der Waals surface area contributed by atoms with Crippen molar-refractivity contribution in [2.24, 2.45) is 0 Å². The Kier molecular flexibility index (Phi) is 5.71. The maximum atomic E-state index is 6.25. The number of fused-ring (bicyclic) bond motifs is 3. The molecule has 0 radical (unpaired) electrons. The van der Waals surface area contributed by atoms with Crippen LogP contribution in [-0.2, 0) is 0 Å². The Bertz CT molecular complexity index is 965. The van der Waals surface area contributed by atoms with Gasteiger partial charge < -0.3 is 10.1 Å². The van der Waals surface area contributed by atoms with E-state index < -0.39 is 6.23 Å². The summed E-state index contributed by atoms with van der Waals surface area (Å²) in [7, 11) is 0. The first-order valence-electron chi connectivity index (χ1n) is 9.58. The van der Waals surface area contributed by atoms with E-state index in [2.05, 4.69) is 32.4 Å². The summed E-state index contributed by atoms with van der Waals surface area (Å²) in [5.74, 6) is 1.46. The predicted octanol–water partition coefficient (Wildman–Crippen LogP) is 5.03. The summed E-state index contributed by atoms with van der Waals surface area (Å²) in [6.45, 7) is 4.17. The zero-order valence-corrected chi connectivity index (χ0v) is 16.9. The van der Waals surface area contributed by atoms with Crippen LogP contribution in [0.25, 0.3) is 11.3 Å². The van der Waals surface area contributed by atoms with Gasteiger partial charge in [-0.05, 0) is 31.5 Å². The molecule has 1 atom stereocenters. The second-order valence-corrected chi connectivity index (χ2v) is 7.76. The van der Waals surface area contributed by atoms with Crippen LogP contribution in [0.2, 0.25) is 0 Å². The Hall–Kier alpha value is -2.67. The number of aryl methyl sites for hydroxylation is 1. The molecule has 1 aliphatic heterocycles. The van der Waals surface area contributed by atoms with Crippen molar-refractivity contribution in [3.63, 3.8) is 0 Å². The summed E-state index contributed by atoms with van der Waals surface area (Å²) in [6, 6.07) is 13.9. The summed E-state index contributed by atoms with van der Waals surface area (Å²) in [6.07, 6.45) is 3.10. The van der Waals surface area contributed by atoms with Gasteiger partial charge in [-0.1, -0.05) is 55.8 Å². The molecule has 0 saturated heterocycles. The highest BCUT2D eigenvalue weighted by Crippen LogP contribution is 2.39. The summed E-state index contributed by atoms with van der Waals surface area (Å²) in [5.41, 5.74) is 4.24. The Morgan fingerprint density at radius 3 is 2.79 bits per heavy atom. The van der Waals surface area contributed by atoms with E-state index in [4.69, 9.17) is 4.74 Å². The Balaban J connectivity index is 1.69. The van der Waals surface area contributed by atoms with E-state index in [0.717, 1.165) is 34.8 Å². The quantitative estimate of drug-likeness (QED) is 0.465.